The van der Waals surface area contributed by atoms with Crippen molar-refractivity contribution in [1.29, 1.82) is 0 Å². The van der Waals surface area contributed by atoms with Gasteiger partial charge in [0.2, 0.25) is 0 Å². The Morgan fingerprint density at radius 2 is 2.08 bits per heavy atom. The van der Waals surface area contributed by atoms with Gasteiger partial charge in [0.1, 0.15) is 0 Å². The number of rotatable bonds is 7. The zero-order valence-electron chi connectivity index (χ0n) is 8.42. The van der Waals surface area contributed by atoms with E-state index in [-0.39, 0.29) is 6.61 Å². The topological polar surface area (TPSA) is 32.7 Å². The Balaban J connectivity index is 3.24. The first-order valence-corrected chi connectivity index (χ1v) is 4.61. The van der Waals surface area contributed by atoms with E-state index >= 15 is 0 Å². The van der Waals surface area contributed by atoms with Gasteiger partial charge in [-0.3, -0.25) is 0 Å². The maximum atomic E-state index is 8.45. The van der Waals surface area contributed by atoms with Crippen LogP contribution in [-0.4, -0.2) is 49.5 Å². The molecule has 0 saturated carbocycles. The number of aliphatic hydroxyl groups excluding tert-OH is 1. The van der Waals surface area contributed by atoms with E-state index in [1.54, 1.807) is 0 Å². The van der Waals surface area contributed by atoms with Crippen molar-refractivity contribution in [1.82, 2.24) is 4.90 Å². The lowest BCUT2D eigenvalue weighted by atomic mass is 10.2. The molecule has 0 aromatic heterocycles. The van der Waals surface area contributed by atoms with E-state index < -0.39 is 0 Å². The maximum Gasteiger partial charge on any atom is 0.0698 e. The fraction of sp³-hybridized carbons (Fsp3) is 1.00. The second-order valence-corrected chi connectivity index (χ2v) is 3.07. The largest absolute Gasteiger partial charge is 0.394 e. The van der Waals surface area contributed by atoms with Crippen molar-refractivity contribution in [3.05, 3.63) is 0 Å². The summed E-state index contributed by atoms with van der Waals surface area (Å²) in [6.45, 7) is 6.60. The van der Waals surface area contributed by atoms with Gasteiger partial charge in [-0.2, -0.15) is 0 Å². The molecular weight excluding hydrogens is 154 g/mol. The van der Waals surface area contributed by atoms with E-state index in [0.717, 1.165) is 13.0 Å². The average Bonchev–Trinajstić information content (AvgIpc) is 2.10. The summed E-state index contributed by atoms with van der Waals surface area (Å²) in [4.78, 5) is 2.26. The van der Waals surface area contributed by atoms with Crippen molar-refractivity contribution < 1.29 is 9.84 Å². The van der Waals surface area contributed by atoms with Gasteiger partial charge in [0, 0.05) is 12.6 Å². The fourth-order valence-corrected chi connectivity index (χ4v) is 0.907. The van der Waals surface area contributed by atoms with E-state index in [9.17, 15) is 0 Å². The monoisotopic (exact) mass is 175 g/mol. The molecule has 74 valence electrons. The van der Waals surface area contributed by atoms with E-state index in [4.69, 9.17) is 9.84 Å². The Labute approximate surface area is 75.3 Å². The lowest BCUT2D eigenvalue weighted by Crippen LogP contribution is -2.31. The van der Waals surface area contributed by atoms with Gasteiger partial charge in [-0.1, -0.05) is 6.92 Å². The molecule has 0 spiro atoms. The summed E-state index contributed by atoms with van der Waals surface area (Å²) in [7, 11) is 2.09. The van der Waals surface area contributed by atoms with Crippen LogP contribution in [-0.2, 0) is 4.74 Å². The summed E-state index contributed by atoms with van der Waals surface area (Å²) in [6.07, 6.45) is 1.16. The van der Waals surface area contributed by atoms with Gasteiger partial charge in [0.25, 0.3) is 0 Å². The van der Waals surface area contributed by atoms with Gasteiger partial charge in [-0.05, 0) is 20.4 Å². The minimum Gasteiger partial charge on any atom is -0.394 e. The molecule has 0 amide bonds. The normalized spacial score (nSPS) is 13.8. The van der Waals surface area contributed by atoms with Crippen LogP contribution in [0, 0.1) is 0 Å². The predicted molar refractivity (Wildman–Crippen MR) is 50.3 cm³/mol. The van der Waals surface area contributed by atoms with Crippen molar-refractivity contribution in [3.63, 3.8) is 0 Å². The average molecular weight is 175 g/mol. The number of hydrogen-bond donors (Lipinski definition) is 1. The maximum absolute atomic E-state index is 8.45. The van der Waals surface area contributed by atoms with Gasteiger partial charge in [-0.25, -0.2) is 0 Å². The molecule has 12 heavy (non-hydrogen) atoms. The number of ether oxygens (including phenoxy) is 1. The van der Waals surface area contributed by atoms with Crippen molar-refractivity contribution >= 4 is 0 Å². The first-order valence-electron chi connectivity index (χ1n) is 4.61. The van der Waals surface area contributed by atoms with Crippen LogP contribution in [0.25, 0.3) is 0 Å². The molecule has 0 fully saturated rings. The highest BCUT2D eigenvalue weighted by Gasteiger charge is 2.04. The summed E-state index contributed by atoms with van der Waals surface area (Å²) in [5.74, 6) is 0. The van der Waals surface area contributed by atoms with Crippen LogP contribution >= 0.6 is 0 Å². The molecule has 1 N–H and O–H groups in total. The van der Waals surface area contributed by atoms with E-state index in [0.29, 0.717) is 19.3 Å². The van der Waals surface area contributed by atoms with Gasteiger partial charge < -0.3 is 14.7 Å². The third-order valence-electron chi connectivity index (χ3n) is 2.17. The Morgan fingerprint density at radius 3 is 2.58 bits per heavy atom. The summed E-state index contributed by atoms with van der Waals surface area (Å²) in [5, 5.41) is 8.45. The quantitative estimate of drug-likeness (QED) is 0.579. The van der Waals surface area contributed by atoms with E-state index in [1.165, 1.54) is 0 Å². The molecule has 1 atom stereocenters. The van der Waals surface area contributed by atoms with Gasteiger partial charge >= 0.3 is 0 Å². The Bertz CT molecular complexity index is 98.5. The molecule has 3 heteroatoms. The van der Waals surface area contributed by atoms with E-state index in [2.05, 4.69) is 25.8 Å². The molecule has 0 aromatic rings. The highest BCUT2D eigenvalue weighted by Crippen LogP contribution is 1.98. The van der Waals surface area contributed by atoms with E-state index in [1.807, 2.05) is 0 Å². The summed E-state index contributed by atoms with van der Waals surface area (Å²) < 4.78 is 5.16. The Kier molecular flexibility index (Phi) is 7.45. The van der Waals surface area contributed by atoms with Crippen LogP contribution in [0.1, 0.15) is 20.3 Å². The predicted octanol–water partition coefficient (Wildman–Crippen LogP) is 0.726. The highest BCUT2D eigenvalue weighted by atomic mass is 16.5. The second kappa shape index (κ2) is 7.53. The van der Waals surface area contributed by atoms with Crippen LogP contribution in [0.5, 0.6) is 0 Å². The lowest BCUT2D eigenvalue weighted by Gasteiger charge is -2.22. The van der Waals surface area contributed by atoms with Crippen molar-refractivity contribution in [3.8, 4) is 0 Å². The number of hydrogen-bond acceptors (Lipinski definition) is 3. The molecule has 1 unspecified atom stereocenters. The second-order valence-electron chi connectivity index (χ2n) is 3.07. The smallest absolute Gasteiger partial charge is 0.0698 e. The molecular formula is C9H21NO2. The third-order valence-corrected chi connectivity index (χ3v) is 2.17. The molecule has 0 heterocycles. The van der Waals surface area contributed by atoms with Crippen LogP contribution < -0.4 is 0 Å². The minimum atomic E-state index is 0.118. The van der Waals surface area contributed by atoms with Gasteiger partial charge in [-0.15, -0.1) is 0 Å². The number of likely N-dealkylation sites (N-methyl/N-ethyl adjacent to an activating group) is 1. The summed E-state index contributed by atoms with van der Waals surface area (Å²) in [5.41, 5.74) is 0. The summed E-state index contributed by atoms with van der Waals surface area (Å²) in [6, 6.07) is 0.614. The third kappa shape index (κ3) is 5.52. The number of nitrogens with zero attached hydrogens (tertiary/aromatic N) is 1. The Hall–Kier alpha value is -0.120. The first kappa shape index (κ1) is 11.9. The zero-order valence-corrected chi connectivity index (χ0v) is 8.42. The minimum absolute atomic E-state index is 0.118. The van der Waals surface area contributed by atoms with Crippen LogP contribution in [0.3, 0.4) is 0 Å². The lowest BCUT2D eigenvalue weighted by molar-refractivity contribution is 0.0716. The van der Waals surface area contributed by atoms with Crippen molar-refractivity contribution in [2.75, 3.05) is 33.4 Å². The molecule has 0 aliphatic carbocycles. The molecule has 0 aliphatic rings. The van der Waals surface area contributed by atoms with Crippen molar-refractivity contribution in [2.24, 2.45) is 0 Å². The Morgan fingerprint density at radius 1 is 1.42 bits per heavy atom. The van der Waals surface area contributed by atoms with Gasteiger partial charge in [0.05, 0.1) is 19.8 Å². The zero-order chi connectivity index (χ0) is 9.40. The van der Waals surface area contributed by atoms with Crippen LogP contribution in [0.2, 0.25) is 0 Å². The van der Waals surface area contributed by atoms with Crippen LogP contribution in [0.4, 0.5) is 0 Å². The van der Waals surface area contributed by atoms with Crippen LogP contribution in [0.15, 0.2) is 0 Å². The first-order chi connectivity index (χ1) is 5.72. The molecule has 0 saturated heterocycles. The van der Waals surface area contributed by atoms with Crippen molar-refractivity contribution in [2.45, 2.75) is 26.3 Å². The molecule has 0 radical (unpaired) electrons. The molecule has 0 rings (SSSR count). The fourth-order valence-electron chi connectivity index (χ4n) is 0.907. The summed E-state index contributed by atoms with van der Waals surface area (Å²) >= 11 is 0. The number of aliphatic hydroxyl groups is 1. The molecule has 0 aliphatic heterocycles. The molecule has 0 bridgehead atoms. The molecule has 0 aromatic carbocycles. The highest BCUT2D eigenvalue weighted by molar-refractivity contribution is 4.59. The SMILES string of the molecule is CCC(C)N(C)CCOCCO. The van der Waals surface area contributed by atoms with Gasteiger partial charge in [0.15, 0.2) is 0 Å². The standard InChI is InChI=1S/C9H21NO2/c1-4-9(2)10(3)5-7-12-8-6-11/h9,11H,4-8H2,1-3H3. The molecule has 3 nitrogen and oxygen atoms in total.